The fourth-order valence-corrected chi connectivity index (χ4v) is 3.31. The van der Waals surface area contributed by atoms with Crippen LogP contribution in [0.5, 0.6) is 0 Å². The lowest BCUT2D eigenvalue weighted by Crippen LogP contribution is -2.37. The Hall–Kier alpha value is -1.89. The van der Waals surface area contributed by atoms with Crippen LogP contribution in [-0.2, 0) is 17.8 Å². The first kappa shape index (κ1) is 16.6. The monoisotopic (exact) mass is 378 g/mol. The largest absolute Gasteiger partial charge is 0.378 e. The van der Waals surface area contributed by atoms with E-state index in [-0.39, 0.29) is 5.91 Å². The van der Waals surface area contributed by atoms with E-state index >= 15 is 0 Å². The summed E-state index contributed by atoms with van der Waals surface area (Å²) in [7, 11) is 0. The molecule has 2 aliphatic rings. The summed E-state index contributed by atoms with van der Waals surface area (Å²) in [5.41, 5.74) is 2.39. The van der Waals surface area contributed by atoms with Crippen LogP contribution in [0.25, 0.3) is 0 Å². The predicted octanol–water partition coefficient (Wildman–Crippen LogP) is 2.78. The van der Waals surface area contributed by atoms with Crippen LogP contribution >= 0.6 is 23.2 Å². The van der Waals surface area contributed by atoms with E-state index in [1.165, 1.54) is 0 Å². The van der Waals surface area contributed by atoms with Gasteiger partial charge in [-0.15, -0.1) is 0 Å². The molecule has 0 N–H and O–H groups in total. The predicted molar refractivity (Wildman–Crippen MR) is 95.1 cm³/mol. The topological polar surface area (TPSA) is 58.6 Å². The van der Waals surface area contributed by atoms with Crippen molar-refractivity contribution in [3.8, 4) is 0 Å². The third-order valence-corrected chi connectivity index (χ3v) is 5.13. The minimum atomic E-state index is -0.0931. The van der Waals surface area contributed by atoms with Crippen LogP contribution in [0.4, 0.5) is 5.95 Å². The second-order valence-corrected chi connectivity index (χ2v) is 6.85. The quantitative estimate of drug-likeness (QED) is 0.803. The third kappa shape index (κ3) is 3.29. The number of rotatable bonds is 2. The summed E-state index contributed by atoms with van der Waals surface area (Å²) in [6, 6.07) is 4.92. The summed E-state index contributed by atoms with van der Waals surface area (Å²) in [4.78, 5) is 25.7. The molecule has 1 amide bonds. The summed E-state index contributed by atoms with van der Waals surface area (Å²) in [5, 5.41) is 0.808. The Labute approximate surface area is 155 Å². The zero-order valence-electron chi connectivity index (χ0n) is 13.4. The number of ether oxygens (including phenoxy) is 1. The number of morpholine rings is 1. The highest BCUT2D eigenvalue weighted by molar-refractivity contribution is 6.42. The smallest absolute Gasteiger partial charge is 0.254 e. The van der Waals surface area contributed by atoms with Gasteiger partial charge in [0, 0.05) is 37.0 Å². The Bertz CT molecular complexity index is 824. The molecule has 0 bridgehead atoms. The van der Waals surface area contributed by atoms with Gasteiger partial charge in [0.05, 0.1) is 35.5 Å². The Kier molecular flexibility index (Phi) is 4.50. The van der Waals surface area contributed by atoms with Crippen molar-refractivity contribution in [1.82, 2.24) is 14.9 Å². The lowest BCUT2D eigenvalue weighted by Gasteiger charge is -2.26. The molecule has 1 aromatic carbocycles. The normalized spacial score (nSPS) is 16.9. The molecular weight excluding hydrogens is 363 g/mol. The van der Waals surface area contributed by atoms with Gasteiger partial charge < -0.3 is 14.5 Å². The van der Waals surface area contributed by atoms with Crippen molar-refractivity contribution in [3.05, 3.63) is 51.3 Å². The molecule has 0 saturated carbocycles. The first-order valence-electron chi connectivity index (χ1n) is 8.03. The van der Waals surface area contributed by atoms with Crippen molar-refractivity contribution < 1.29 is 9.53 Å². The molecule has 0 unspecified atom stereocenters. The molecule has 6 nitrogen and oxygen atoms in total. The van der Waals surface area contributed by atoms with E-state index in [2.05, 4.69) is 14.9 Å². The van der Waals surface area contributed by atoms with Gasteiger partial charge in [0.2, 0.25) is 5.95 Å². The van der Waals surface area contributed by atoms with Crippen molar-refractivity contribution in [2.45, 2.75) is 13.1 Å². The van der Waals surface area contributed by atoms with Crippen LogP contribution in [0.15, 0.2) is 24.4 Å². The van der Waals surface area contributed by atoms with Crippen molar-refractivity contribution >= 4 is 35.1 Å². The molecule has 8 heteroatoms. The van der Waals surface area contributed by atoms with Crippen LogP contribution in [0.1, 0.15) is 21.6 Å². The van der Waals surface area contributed by atoms with E-state index in [4.69, 9.17) is 27.9 Å². The van der Waals surface area contributed by atoms with Crippen LogP contribution in [0.3, 0.4) is 0 Å². The molecular formula is C17H16Cl2N4O2. The molecule has 4 rings (SSSR count). The van der Waals surface area contributed by atoms with Crippen molar-refractivity contribution in [3.63, 3.8) is 0 Å². The fraction of sp³-hybridized carbons (Fsp3) is 0.353. The minimum absolute atomic E-state index is 0.0931. The van der Waals surface area contributed by atoms with Crippen molar-refractivity contribution in [2.24, 2.45) is 0 Å². The fourth-order valence-electron chi connectivity index (χ4n) is 3.01. The van der Waals surface area contributed by atoms with Crippen LogP contribution < -0.4 is 4.90 Å². The number of hydrogen-bond acceptors (Lipinski definition) is 5. The van der Waals surface area contributed by atoms with Crippen molar-refractivity contribution in [1.29, 1.82) is 0 Å². The van der Waals surface area contributed by atoms with E-state index in [0.717, 1.165) is 24.3 Å². The van der Waals surface area contributed by atoms with Gasteiger partial charge >= 0.3 is 0 Å². The van der Waals surface area contributed by atoms with Crippen LogP contribution in [0.2, 0.25) is 10.0 Å². The summed E-state index contributed by atoms with van der Waals surface area (Å²) in [6.07, 6.45) is 1.81. The number of nitrogens with zero attached hydrogens (tertiary/aromatic N) is 4. The molecule has 0 atom stereocenters. The number of anilines is 1. The SMILES string of the molecule is O=C(c1ccc(Cl)c(Cl)c1)N1Cc2cnc(N3CCOCC3)nc2C1. The molecule has 2 aromatic rings. The van der Waals surface area contributed by atoms with Gasteiger partial charge in [0.15, 0.2) is 0 Å². The third-order valence-electron chi connectivity index (χ3n) is 4.39. The first-order chi connectivity index (χ1) is 12.1. The molecule has 25 heavy (non-hydrogen) atoms. The number of carbonyl (C=O) groups is 1. The van der Waals surface area contributed by atoms with Gasteiger partial charge in [-0.05, 0) is 18.2 Å². The molecule has 130 valence electrons. The standard InChI is InChI=1S/C17H16Cl2N4O2/c18-13-2-1-11(7-14(13)19)16(24)23-9-12-8-20-17(21-15(12)10-23)22-3-5-25-6-4-22/h1-2,7-8H,3-6,9-10H2. The van der Waals surface area contributed by atoms with E-state index < -0.39 is 0 Å². The molecule has 0 spiro atoms. The molecule has 0 radical (unpaired) electrons. The van der Waals surface area contributed by atoms with Gasteiger partial charge in [0.25, 0.3) is 5.91 Å². The summed E-state index contributed by atoms with van der Waals surface area (Å²) in [5.74, 6) is 0.607. The Balaban J connectivity index is 1.52. The molecule has 2 aliphatic heterocycles. The maximum atomic E-state index is 12.7. The zero-order valence-corrected chi connectivity index (χ0v) is 14.9. The highest BCUT2D eigenvalue weighted by atomic mass is 35.5. The molecule has 1 saturated heterocycles. The lowest BCUT2D eigenvalue weighted by atomic mass is 10.2. The van der Waals surface area contributed by atoms with Crippen LogP contribution in [-0.4, -0.2) is 47.1 Å². The molecule has 1 fully saturated rings. The first-order valence-corrected chi connectivity index (χ1v) is 8.79. The number of amides is 1. The number of hydrogen-bond donors (Lipinski definition) is 0. The average molecular weight is 379 g/mol. The van der Waals surface area contributed by atoms with E-state index in [1.807, 2.05) is 6.20 Å². The Morgan fingerprint density at radius 2 is 1.92 bits per heavy atom. The number of aromatic nitrogens is 2. The van der Waals surface area contributed by atoms with Gasteiger partial charge in [0.1, 0.15) is 0 Å². The van der Waals surface area contributed by atoms with E-state index in [1.54, 1.807) is 23.1 Å². The van der Waals surface area contributed by atoms with E-state index in [0.29, 0.717) is 47.9 Å². The maximum absolute atomic E-state index is 12.7. The number of benzene rings is 1. The lowest BCUT2D eigenvalue weighted by molar-refractivity contribution is 0.0750. The highest BCUT2D eigenvalue weighted by Gasteiger charge is 2.27. The number of carbonyl (C=O) groups excluding carboxylic acids is 1. The van der Waals surface area contributed by atoms with Crippen LogP contribution in [0, 0.1) is 0 Å². The number of fused-ring (bicyclic) bond motifs is 1. The Morgan fingerprint density at radius 1 is 1.12 bits per heavy atom. The summed E-state index contributed by atoms with van der Waals surface area (Å²) < 4.78 is 5.36. The minimum Gasteiger partial charge on any atom is -0.378 e. The zero-order chi connectivity index (χ0) is 17.4. The highest BCUT2D eigenvalue weighted by Crippen LogP contribution is 2.27. The number of halogens is 2. The average Bonchev–Trinajstić information content (AvgIpc) is 3.07. The summed E-state index contributed by atoms with van der Waals surface area (Å²) >= 11 is 11.9. The van der Waals surface area contributed by atoms with Gasteiger partial charge in [-0.2, -0.15) is 0 Å². The van der Waals surface area contributed by atoms with Crippen molar-refractivity contribution in [2.75, 3.05) is 31.2 Å². The summed E-state index contributed by atoms with van der Waals surface area (Å²) in [6.45, 7) is 3.90. The van der Waals surface area contributed by atoms with Gasteiger partial charge in [-0.25, -0.2) is 9.97 Å². The second-order valence-electron chi connectivity index (χ2n) is 6.03. The molecule has 0 aliphatic carbocycles. The molecule has 1 aromatic heterocycles. The maximum Gasteiger partial charge on any atom is 0.254 e. The van der Waals surface area contributed by atoms with Gasteiger partial charge in [-0.3, -0.25) is 4.79 Å². The van der Waals surface area contributed by atoms with E-state index in [9.17, 15) is 4.79 Å². The van der Waals surface area contributed by atoms with Gasteiger partial charge in [-0.1, -0.05) is 23.2 Å². The second kappa shape index (κ2) is 6.78. The Morgan fingerprint density at radius 3 is 2.68 bits per heavy atom. The molecule has 3 heterocycles.